The first-order valence-corrected chi connectivity index (χ1v) is 10.9. The normalized spacial score (nSPS) is 11.3. The van der Waals surface area contributed by atoms with Crippen LogP contribution in [0, 0.1) is 5.82 Å². The van der Waals surface area contributed by atoms with E-state index in [0.29, 0.717) is 21.7 Å². The highest BCUT2D eigenvalue weighted by Gasteiger charge is 2.21. The topological polar surface area (TPSA) is 53.2 Å². The Kier molecular flexibility index (Phi) is 5.07. The quantitative estimate of drug-likeness (QED) is 0.365. The maximum absolute atomic E-state index is 14.6. The Morgan fingerprint density at radius 1 is 1.00 bits per heavy atom. The summed E-state index contributed by atoms with van der Waals surface area (Å²) in [6.45, 7) is -0.113. The third-order valence-electron chi connectivity index (χ3n) is 5.37. The van der Waals surface area contributed by atoms with Crippen LogP contribution < -0.4 is 16.0 Å². The molecule has 0 radical (unpaired) electrons. The van der Waals surface area contributed by atoms with Gasteiger partial charge in [0.1, 0.15) is 16.3 Å². The number of hydrogen-bond acceptors (Lipinski definition) is 4. The highest BCUT2D eigenvalue weighted by molar-refractivity contribution is 7.25. The Morgan fingerprint density at radius 3 is 2.47 bits per heavy atom. The number of halogens is 2. The molecule has 160 valence electrons. The lowest BCUT2D eigenvalue weighted by Gasteiger charge is -2.14. The second kappa shape index (κ2) is 7.93. The molecule has 8 heteroatoms. The van der Waals surface area contributed by atoms with Gasteiger partial charge in [0.25, 0.3) is 5.56 Å². The number of aromatic nitrogens is 2. The highest BCUT2D eigenvalue weighted by Crippen LogP contribution is 2.32. The molecule has 0 fully saturated rings. The molecule has 0 spiro atoms. The van der Waals surface area contributed by atoms with Gasteiger partial charge in [0.05, 0.1) is 24.9 Å². The average Bonchev–Trinajstić information content (AvgIpc) is 3.19. The number of thiophene rings is 1. The van der Waals surface area contributed by atoms with E-state index in [1.54, 1.807) is 30.3 Å². The smallest absolute Gasteiger partial charge is 0.336 e. The summed E-state index contributed by atoms with van der Waals surface area (Å²) in [6.07, 6.45) is 0. The van der Waals surface area contributed by atoms with Crippen molar-refractivity contribution in [1.29, 1.82) is 0 Å². The van der Waals surface area contributed by atoms with E-state index in [1.165, 1.54) is 35.1 Å². The first kappa shape index (κ1) is 20.5. The SMILES string of the molecule is COc1ccc(-n2c(=O)c3sc4ccccc4c3n(Cc3c(F)cccc3Cl)c2=O)cc1. The summed E-state index contributed by atoms with van der Waals surface area (Å²) in [7, 11) is 1.54. The maximum atomic E-state index is 14.6. The molecule has 0 aliphatic carbocycles. The minimum Gasteiger partial charge on any atom is -0.497 e. The van der Waals surface area contributed by atoms with Crippen LogP contribution in [0.5, 0.6) is 5.75 Å². The van der Waals surface area contributed by atoms with Gasteiger partial charge in [-0.15, -0.1) is 11.3 Å². The monoisotopic (exact) mass is 466 g/mol. The van der Waals surface area contributed by atoms with E-state index in [9.17, 15) is 14.0 Å². The molecule has 0 bridgehead atoms. The third-order valence-corrected chi connectivity index (χ3v) is 6.87. The molecule has 0 atom stereocenters. The van der Waals surface area contributed by atoms with Gasteiger partial charge in [-0.3, -0.25) is 9.36 Å². The Morgan fingerprint density at radius 2 is 1.75 bits per heavy atom. The van der Waals surface area contributed by atoms with Gasteiger partial charge in [0.2, 0.25) is 0 Å². The van der Waals surface area contributed by atoms with Crippen molar-refractivity contribution in [3.05, 3.63) is 104 Å². The molecule has 5 nitrogen and oxygen atoms in total. The molecule has 0 N–H and O–H groups in total. The summed E-state index contributed by atoms with van der Waals surface area (Å²) in [5.74, 6) is 0.0856. The largest absolute Gasteiger partial charge is 0.497 e. The van der Waals surface area contributed by atoms with Crippen molar-refractivity contribution < 1.29 is 9.13 Å². The van der Waals surface area contributed by atoms with Gasteiger partial charge in [-0.1, -0.05) is 35.9 Å². The van der Waals surface area contributed by atoms with E-state index >= 15 is 0 Å². The van der Waals surface area contributed by atoms with Gasteiger partial charge in [0.15, 0.2) is 0 Å². The van der Waals surface area contributed by atoms with Crippen molar-refractivity contribution in [2.24, 2.45) is 0 Å². The number of methoxy groups -OCH3 is 1. The zero-order valence-electron chi connectivity index (χ0n) is 16.8. The number of ether oxygens (including phenoxy) is 1. The second-order valence-corrected chi connectivity index (χ2v) is 8.64. The summed E-state index contributed by atoms with van der Waals surface area (Å²) in [5, 5.41) is 0.975. The molecule has 5 rings (SSSR count). The summed E-state index contributed by atoms with van der Waals surface area (Å²) in [4.78, 5) is 27.1. The van der Waals surface area contributed by atoms with Gasteiger partial charge in [-0.25, -0.2) is 13.8 Å². The van der Waals surface area contributed by atoms with Crippen LogP contribution >= 0.6 is 22.9 Å². The highest BCUT2D eigenvalue weighted by atomic mass is 35.5. The van der Waals surface area contributed by atoms with E-state index in [-0.39, 0.29) is 17.1 Å². The molecular formula is C24H16ClFN2O3S. The first-order valence-electron chi connectivity index (χ1n) is 9.74. The van der Waals surface area contributed by atoms with Crippen LogP contribution in [0.25, 0.3) is 26.0 Å². The molecule has 2 heterocycles. The molecular weight excluding hydrogens is 451 g/mol. The molecule has 0 saturated heterocycles. The Balaban J connectivity index is 1.88. The van der Waals surface area contributed by atoms with E-state index in [0.717, 1.165) is 14.7 Å². The van der Waals surface area contributed by atoms with Crippen LogP contribution in [-0.4, -0.2) is 16.2 Å². The fourth-order valence-corrected chi connectivity index (χ4v) is 5.16. The van der Waals surface area contributed by atoms with Crippen LogP contribution in [0.1, 0.15) is 5.56 Å². The van der Waals surface area contributed by atoms with Crippen LogP contribution in [0.4, 0.5) is 4.39 Å². The van der Waals surface area contributed by atoms with Crippen molar-refractivity contribution in [2.75, 3.05) is 7.11 Å². The lowest BCUT2D eigenvalue weighted by Crippen LogP contribution is -2.38. The number of rotatable bonds is 4. The summed E-state index contributed by atoms with van der Waals surface area (Å²) in [6, 6.07) is 18.5. The molecule has 0 amide bonds. The van der Waals surface area contributed by atoms with E-state index in [4.69, 9.17) is 16.3 Å². The molecule has 5 aromatic rings. The number of benzene rings is 3. The van der Waals surface area contributed by atoms with Crippen LogP contribution in [-0.2, 0) is 6.54 Å². The van der Waals surface area contributed by atoms with E-state index in [2.05, 4.69) is 0 Å². The average molecular weight is 467 g/mol. The lowest BCUT2D eigenvalue weighted by molar-refractivity contribution is 0.414. The van der Waals surface area contributed by atoms with E-state index < -0.39 is 17.1 Å². The Hall–Kier alpha value is -3.42. The Bertz CT molecular complexity index is 1580. The number of nitrogens with zero attached hydrogens (tertiary/aromatic N) is 2. The summed E-state index contributed by atoms with van der Waals surface area (Å²) in [5.41, 5.74) is 0.0637. The van der Waals surface area contributed by atoms with Gasteiger partial charge in [0, 0.05) is 20.7 Å². The lowest BCUT2D eigenvalue weighted by atomic mass is 10.2. The van der Waals surface area contributed by atoms with Crippen molar-refractivity contribution in [2.45, 2.75) is 6.54 Å². The van der Waals surface area contributed by atoms with Crippen molar-refractivity contribution in [3.8, 4) is 11.4 Å². The molecule has 0 saturated carbocycles. The summed E-state index contributed by atoms with van der Waals surface area (Å²) >= 11 is 7.56. The first-order chi connectivity index (χ1) is 15.5. The zero-order valence-corrected chi connectivity index (χ0v) is 18.4. The van der Waals surface area contributed by atoms with Gasteiger partial charge >= 0.3 is 5.69 Å². The van der Waals surface area contributed by atoms with E-state index in [1.807, 2.05) is 24.3 Å². The van der Waals surface area contributed by atoms with Gasteiger partial charge < -0.3 is 4.74 Å². The van der Waals surface area contributed by atoms with Crippen LogP contribution in [0.2, 0.25) is 5.02 Å². The maximum Gasteiger partial charge on any atom is 0.336 e. The molecule has 0 aliphatic rings. The summed E-state index contributed by atoms with van der Waals surface area (Å²) < 4.78 is 23.6. The molecule has 0 aliphatic heterocycles. The fraction of sp³-hybridized carbons (Fsp3) is 0.0833. The predicted molar refractivity (Wildman–Crippen MR) is 126 cm³/mol. The number of hydrogen-bond donors (Lipinski definition) is 0. The molecule has 2 aromatic heterocycles. The van der Waals surface area contributed by atoms with Gasteiger partial charge in [-0.2, -0.15) is 0 Å². The molecule has 0 unspecified atom stereocenters. The number of fused-ring (bicyclic) bond motifs is 3. The fourth-order valence-electron chi connectivity index (χ4n) is 3.80. The van der Waals surface area contributed by atoms with Crippen LogP contribution in [0.15, 0.2) is 76.3 Å². The minimum atomic E-state index is -0.574. The standard InChI is InChI=1S/C24H16ClFN2O3S/c1-31-15-11-9-14(10-12-15)28-23(29)22-21(16-5-2-3-8-20(16)32-22)27(24(28)30)13-17-18(25)6-4-7-19(17)26/h2-12H,13H2,1H3. The van der Waals surface area contributed by atoms with Crippen molar-refractivity contribution >= 4 is 43.2 Å². The third kappa shape index (κ3) is 3.21. The molecule has 3 aromatic carbocycles. The van der Waals surface area contributed by atoms with Crippen LogP contribution in [0.3, 0.4) is 0 Å². The predicted octanol–water partition coefficient (Wildman–Crippen LogP) is 5.22. The van der Waals surface area contributed by atoms with Crippen molar-refractivity contribution in [3.63, 3.8) is 0 Å². The molecule has 32 heavy (non-hydrogen) atoms. The zero-order chi connectivity index (χ0) is 22.4. The minimum absolute atomic E-state index is 0.113. The Labute approximate surface area is 190 Å². The second-order valence-electron chi connectivity index (χ2n) is 7.18. The van der Waals surface area contributed by atoms with Gasteiger partial charge in [-0.05, 0) is 42.5 Å². The van der Waals surface area contributed by atoms with Crippen molar-refractivity contribution in [1.82, 2.24) is 9.13 Å².